The molecule has 0 spiro atoms. The minimum absolute atomic E-state index is 0.199. The smallest absolute Gasteiger partial charge is 0.410 e. The first-order valence-corrected chi connectivity index (χ1v) is 9.65. The highest BCUT2D eigenvalue weighted by Crippen LogP contribution is 2.24. The van der Waals surface area contributed by atoms with E-state index in [1.54, 1.807) is 12.0 Å². The second-order valence-electron chi connectivity index (χ2n) is 6.78. The molecule has 1 heterocycles. The maximum Gasteiger partial charge on any atom is 0.410 e. The quantitative estimate of drug-likeness (QED) is 0.755. The molecule has 1 amide bonds. The zero-order valence-corrected chi connectivity index (χ0v) is 16.8. The lowest BCUT2D eigenvalue weighted by Gasteiger charge is -2.40. The number of para-hydroxylation sites is 1. The number of hydrogen-bond donors (Lipinski definition) is 0. The molecule has 6 heteroatoms. The van der Waals surface area contributed by atoms with E-state index in [9.17, 15) is 4.79 Å². The van der Waals surface area contributed by atoms with Crippen LogP contribution in [0.5, 0.6) is 11.5 Å². The summed E-state index contributed by atoms with van der Waals surface area (Å²) in [4.78, 5) is 16.6. The Morgan fingerprint density at radius 2 is 1.86 bits per heavy atom. The molecule has 1 saturated heterocycles. The summed E-state index contributed by atoms with van der Waals surface area (Å²) in [6, 6.07) is 15.9. The first-order chi connectivity index (χ1) is 13.6. The van der Waals surface area contributed by atoms with Gasteiger partial charge >= 0.3 is 6.09 Å². The predicted octanol–water partition coefficient (Wildman–Crippen LogP) is 3.94. The van der Waals surface area contributed by atoms with Gasteiger partial charge in [-0.3, -0.25) is 0 Å². The van der Waals surface area contributed by atoms with E-state index in [1.807, 2.05) is 55.5 Å². The molecule has 1 aliphatic heterocycles. The maximum atomic E-state index is 12.5. The zero-order valence-electron chi connectivity index (χ0n) is 16.8. The third kappa shape index (κ3) is 4.68. The second-order valence-corrected chi connectivity index (χ2v) is 6.78. The van der Waals surface area contributed by atoms with E-state index >= 15 is 0 Å². The maximum absolute atomic E-state index is 12.5. The van der Waals surface area contributed by atoms with Crippen LogP contribution in [-0.2, 0) is 11.3 Å². The molecule has 1 aliphatic rings. The van der Waals surface area contributed by atoms with Gasteiger partial charge in [-0.2, -0.15) is 0 Å². The molecule has 0 bridgehead atoms. The van der Waals surface area contributed by atoms with Crippen LogP contribution in [0.1, 0.15) is 19.4 Å². The lowest BCUT2D eigenvalue weighted by molar-refractivity contribution is 0.0891. The van der Waals surface area contributed by atoms with Gasteiger partial charge < -0.3 is 24.0 Å². The van der Waals surface area contributed by atoms with Crippen molar-refractivity contribution >= 4 is 11.8 Å². The molecule has 6 nitrogen and oxygen atoms in total. The van der Waals surface area contributed by atoms with Crippen molar-refractivity contribution in [2.24, 2.45) is 0 Å². The Kier molecular flexibility index (Phi) is 6.63. The van der Waals surface area contributed by atoms with Crippen molar-refractivity contribution in [1.29, 1.82) is 0 Å². The van der Waals surface area contributed by atoms with Gasteiger partial charge in [-0.25, -0.2) is 4.79 Å². The summed E-state index contributed by atoms with van der Waals surface area (Å²) in [6.45, 7) is 6.86. The number of hydrogen-bond acceptors (Lipinski definition) is 5. The number of anilines is 1. The highest BCUT2D eigenvalue weighted by atomic mass is 16.6. The van der Waals surface area contributed by atoms with Gasteiger partial charge in [0.2, 0.25) is 0 Å². The summed E-state index contributed by atoms with van der Waals surface area (Å²) in [7, 11) is 1.66. The van der Waals surface area contributed by atoms with E-state index in [0.717, 1.165) is 29.3 Å². The van der Waals surface area contributed by atoms with Crippen LogP contribution in [-0.4, -0.2) is 50.4 Å². The number of carbonyl (C=O) groups is 1. The van der Waals surface area contributed by atoms with E-state index in [4.69, 9.17) is 14.2 Å². The second kappa shape index (κ2) is 9.35. The van der Waals surface area contributed by atoms with Gasteiger partial charge in [-0.05, 0) is 44.2 Å². The van der Waals surface area contributed by atoms with Crippen LogP contribution in [0.25, 0.3) is 0 Å². The monoisotopic (exact) mass is 384 g/mol. The average Bonchev–Trinajstić information content (AvgIpc) is 2.73. The normalized spacial score (nSPS) is 16.6. The Balaban J connectivity index is 1.55. The Bertz CT molecular complexity index is 778. The highest BCUT2D eigenvalue weighted by Gasteiger charge is 2.28. The van der Waals surface area contributed by atoms with E-state index < -0.39 is 0 Å². The number of ether oxygens (including phenoxy) is 3. The number of piperazine rings is 1. The van der Waals surface area contributed by atoms with Crippen LogP contribution in [0.15, 0.2) is 48.5 Å². The van der Waals surface area contributed by atoms with Crippen LogP contribution >= 0.6 is 0 Å². The van der Waals surface area contributed by atoms with Crippen molar-refractivity contribution in [3.63, 3.8) is 0 Å². The average molecular weight is 384 g/mol. The Morgan fingerprint density at radius 3 is 2.54 bits per heavy atom. The van der Waals surface area contributed by atoms with Gasteiger partial charge in [0.15, 0.2) is 0 Å². The molecule has 28 heavy (non-hydrogen) atoms. The molecule has 3 rings (SSSR count). The van der Waals surface area contributed by atoms with Crippen LogP contribution in [0, 0.1) is 0 Å². The van der Waals surface area contributed by atoms with E-state index in [-0.39, 0.29) is 18.7 Å². The van der Waals surface area contributed by atoms with Crippen LogP contribution < -0.4 is 14.4 Å². The minimum atomic E-state index is -0.285. The molecule has 2 aromatic carbocycles. The summed E-state index contributed by atoms with van der Waals surface area (Å²) in [5.74, 6) is 1.60. The molecule has 1 fully saturated rings. The first kappa shape index (κ1) is 19.9. The molecule has 2 aromatic rings. The molecule has 0 aromatic heterocycles. The van der Waals surface area contributed by atoms with Crippen molar-refractivity contribution in [2.75, 3.05) is 38.3 Å². The molecular formula is C22H28N2O4. The topological polar surface area (TPSA) is 51.2 Å². The zero-order chi connectivity index (χ0) is 19.9. The van der Waals surface area contributed by atoms with Gasteiger partial charge in [0.1, 0.15) is 18.1 Å². The molecule has 1 unspecified atom stereocenters. The number of benzene rings is 2. The number of nitrogens with zero attached hydrogens (tertiary/aromatic N) is 2. The van der Waals surface area contributed by atoms with E-state index in [1.165, 1.54) is 0 Å². The fraction of sp³-hybridized carbons (Fsp3) is 0.409. The largest absolute Gasteiger partial charge is 0.497 e. The number of amides is 1. The first-order valence-electron chi connectivity index (χ1n) is 9.65. The molecule has 1 atom stereocenters. The van der Waals surface area contributed by atoms with Gasteiger partial charge in [0.25, 0.3) is 0 Å². The summed E-state index contributed by atoms with van der Waals surface area (Å²) < 4.78 is 16.4. The van der Waals surface area contributed by atoms with Crippen molar-refractivity contribution in [1.82, 2.24) is 4.90 Å². The SMILES string of the molecule is CCOc1ccccc1COC(=O)N1CCN(c2ccc(OC)cc2)C(C)C1. The van der Waals surface area contributed by atoms with Crippen LogP contribution in [0.3, 0.4) is 0 Å². The van der Waals surface area contributed by atoms with Gasteiger partial charge in [-0.1, -0.05) is 18.2 Å². The van der Waals surface area contributed by atoms with Crippen molar-refractivity contribution < 1.29 is 19.0 Å². The highest BCUT2D eigenvalue weighted by molar-refractivity contribution is 5.68. The van der Waals surface area contributed by atoms with E-state index in [0.29, 0.717) is 19.7 Å². The molecule has 0 N–H and O–H groups in total. The lowest BCUT2D eigenvalue weighted by Crippen LogP contribution is -2.53. The Hall–Kier alpha value is -2.89. The van der Waals surface area contributed by atoms with Crippen molar-refractivity contribution in [3.8, 4) is 11.5 Å². The van der Waals surface area contributed by atoms with Gasteiger partial charge in [0, 0.05) is 36.9 Å². The van der Waals surface area contributed by atoms with Crippen molar-refractivity contribution in [2.45, 2.75) is 26.5 Å². The predicted molar refractivity (Wildman–Crippen MR) is 109 cm³/mol. The molecular weight excluding hydrogens is 356 g/mol. The molecule has 150 valence electrons. The van der Waals surface area contributed by atoms with Crippen LogP contribution in [0.4, 0.5) is 10.5 Å². The van der Waals surface area contributed by atoms with E-state index in [2.05, 4.69) is 11.8 Å². The number of rotatable bonds is 6. The van der Waals surface area contributed by atoms with Crippen molar-refractivity contribution in [3.05, 3.63) is 54.1 Å². The standard InChI is InChI=1S/C22H28N2O4/c1-4-27-21-8-6-5-7-18(21)16-28-22(25)23-13-14-24(17(2)15-23)19-9-11-20(26-3)12-10-19/h5-12,17H,4,13-16H2,1-3H3. The summed E-state index contributed by atoms with van der Waals surface area (Å²) in [5, 5.41) is 0. The minimum Gasteiger partial charge on any atom is -0.497 e. The molecule has 0 aliphatic carbocycles. The number of carbonyl (C=O) groups excluding carboxylic acids is 1. The number of methoxy groups -OCH3 is 1. The van der Waals surface area contributed by atoms with Gasteiger partial charge in [0.05, 0.1) is 13.7 Å². The van der Waals surface area contributed by atoms with Gasteiger partial charge in [-0.15, -0.1) is 0 Å². The lowest BCUT2D eigenvalue weighted by atomic mass is 10.1. The molecule has 0 saturated carbocycles. The summed E-state index contributed by atoms with van der Waals surface area (Å²) >= 11 is 0. The Labute approximate surface area is 166 Å². The summed E-state index contributed by atoms with van der Waals surface area (Å²) in [6.07, 6.45) is -0.285. The Morgan fingerprint density at radius 1 is 1.11 bits per heavy atom. The molecule has 0 radical (unpaired) electrons. The van der Waals surface area contributed by atoms with Crippen LogP contribution in [0.2, 0.25) is 0 Å². The fourth-order valence-electron chi connectivity index (χ4n) is 3.43. The fourth-order valence-corrected chi connectivity index (χ4v) is 3.43. The third-order valence-electron chi connectivity index (χ3n) is 4.91. The summed E-state index contributed by atoms with van der Waals surface area (Å²) in [5.41, 5.74) is 2.01. The third-order valence-corrected chi connectivity index (χ3v) is 4.91.